The van der Waals surface area contributed by atoms with E-state index in [4.69, 9.17) is 5.73 Å². The number of carbonyl (C=O) groups excluding carboxylic acids is 3. The first-order chi connectivity index (χ1) is 16.9. The van der Waals surface area contributed by atoms with E-state index >= 15 is 0 Å². The maximum Gasteiger partial charge on any atom is 0.418 e. The first-order valence-corrected chi connectivity index (χ1v) is 11.1. The van der Waals surface area contributed by atoms with Crippen molar-refractivity contribution in [2.24, 2.45) is 11.1 Å². The number of nitrogens with zero attached hydrogens (tertiary/aromatic N) is 1. The summed E-state index contributed by atoms with van der Waals surface area (Å²) in [5.74, 6) is -3.32. The monoisotopic (exact) mass is 504 g/mol. The van der Waals surface area contributed by atoms with Crippen LogP contribution in [0.2, 0.25) is 0 Å². The molecule has 2 aromatic rings. The Hall–Kier alpha value is -4.09. The third-order valence-corrected chi connectivity index (χ3v) is 6.56. The normalized spacial score (nSPS) is 23.3. The quantitative estimate of drug-likeness (QED) is 0.407. The van der Waals surface area contributed by atoms with E-state index < -0.39 is 52.9 Å². The number of anilines is 2. The number of benzene rings is 2. The molecule has 3 amide bonds. The predicted molar refractivity (Wildman–Crippen MR) is 121 cm³/mol. The van der Waals surface area contributed by atoms with Crippen LogP contribution in [0, 0.1) is 5.41 Å². The molecule has 3 unspecified atom stereocenters. The van der Waals surface area contributed by atoms with Crippen LogP contribution in [0.1, 0.15) is 30.4 Å². The molecule has 1 aliphatic carbocycles. The van der Waals surface area contributed by atoms with Gasteiger partial charge in [-0.15, -0.1) is 0 Å². The molecule has 2 aliphatic rings. The molecule has 190 valence electrons. The summed E-state index contributed by atoms with van der Waals surface area (Å²) in [7, 11) is 0. The summed E-state index contributed by atoms with van der Waals surface area (Å²) in [5.41, 5.74) is 3.85. The molecule has 2 fully saturated rings. The Morgan fingerprint density at radius 2 is 1.78 bits per heavy atom. The topological polar surface area (TPSA) is 142 Å². The van der Waals surface area contributed by atoms with Crippen molar-refractivity contribution >= 4 is 35.1 Å². The lowest BCUT2D eigenvalue weighted by atomic mass is 10.0. The predicted octanol–water partition coefficient (Wildman–Crippen LogP) is 2.38. The molecule has 0 spiro atoms. The molecule has 0 bridgehead atoms. The second-order valence-corrected chi connectivity index (χ2v) is 8.80. The molecular formula is C24H23F3N4O5. The number of aliphatic carboxylic acids is 1. The highest BCUT2D eigenvalue weighted by molar-refractivity contribution is 6.09. The largest absolute Gasteiger partial charge is 0.480 e. The Labute approximate surface area is 203 Å². The van der Waals surface area contributed by atoms with Gasteiger partial charge >= 0.3 is 12.1 Å². The van der Waals surface area contributed by atoms with Gasteiger partial charge in [0, 0.05) is 18.7 Å². The van der Waals surface area contributed by atoms with Crippen LogP contribution >= 0.6 is 0 Å². The number of carbonyl (C=O) groups is 4. The Morgan fingerprint density at radius 1 is 1.11 bits per heavy atom. The van der Waals surface area contributed by atoms with Crippen LogP contribution in [-0.4, -0.2) is 45.8 Å². The Balaban J connectivity index is 1.41. The van der Waals surface area contributed by atoms with E-state index in [1.165, 1.54) is 18.2 Å². The van der Waals surface area contributed by atoms with Gasteiger partial charge in [-0.2, -0.15) is 13.2 Å². The zero-order valence-electron chi connectivity index (χ0n) is 18.8. The smallest absolute Gasteiger partial charge is 0.418 e. The number of para-hydroxylation sites is 1. The van der Waals surface area contributed by atoms with Crippen LogP contribution in [0.5, 0.6) is 0 Å². The molecule has 4 rings (SSSR count). The van der Waals surface area contributed by atoms with E-state index in [0.717, 1.165) is 11.0 Å². The van der Waals surface area contributed by atoms with Gasteiger partial charge in [0.2, 0.25) is 17.7 Å². The molecule has 0 radical (unpaired) electrons. The molecule has 36 heavy (non-hydrogen) atoms. The highest BCUT2D eigenvalue weighted by Crippen LogP contribution is 2.52. The first-order valence-electron chi connectivity index (χ1n) is 11.1. The lowest BCUT2D eigenvalue weighted by molar-refractivity contribution is -0.148. The van der Waals surface area contributed by atoms with Crippen molar-refractivity contribution in [1.29, 1.82) is 0 Å². The SMILES string of the molecule is NC(=O)C1(C(=O)NCc2ccc(Nc3ccccc3C(F)(F)F)cc2)CC1N1C(=O)CCC1C(=O)O. The van der Waals surface area contributed by atoms with Crippen molar-refractivity contribution in [2.45, 2.75) is 44.1 Å². The molecule has 1 saturated heterocycles. The van der Waals surface area contributed by atoms with Crippen LogP contribution < -0.4 is 16.4 Å². The van der Waals surface area contributed by atoms with Gasteiger partial charge in [-0.25, -0.2) is 4.79 Å². The maximum atomic E-state index is 13.2. The number of nitrogens with two attached hydrogens (primary N) is 1. The van der Waals surface area contributed by atoms with Gasteiger partial charge in [-0.1, -0.05) is 24.3 Å². The van der Waals surface area contributed by atoms with E-state index in [-0.39, 0.29) is 31.5 Å². The minimum absolute atomic E-state index is 0.0117. The number of nitrogens with one attached hydrogen (secondary N) is 2. The Morgan fingerprint density at radius 3 is 2.39 bits per heavy atom. The molecule has 3 atom stereocenters. The number of alkyl halides is 3. The highest BCUT2D eigenvalue weighted by Gasteiger charge is 2.69. The van der Waals surface area contributed by atoms with Crippen molar-refractivity contribution in [3.05, 3.63) is 59.7 Å². The van der Waals surface area contributed by atoms with Gasteiger partial charge in [0.15, 0.2) is 0 Å². The minimum Gasteiger partial charge on any atom is -0.480 e. The zero-order valence-corrected chi connectivity index (χ0v) is 18.8. The van der Waals surface area contributed by atoms with Gasteiger partial charge in [0.25, 0.3) is 0 Å². The summed E-state index contributed by atoms with van der Waals surface area (Å²) in [5, 5.41) is 14.7. The van der Waals surface area contributed by atoms with Crippen molar-refractivity contribution in [3.8, 4) is 0 Å². The summed E-state index contributed by atoms with van der Waals surface area (Å²) in [6.45, 7) is -0.0176. The van der Waals surface area contributed by atoms with Gasteiger partial charge < -0.3 is 26.4 Å². The van der Waals surface area contributed by atoms with Crippen LogP contribution in [-0.2, 0) is 31.9 Å². The lowest BCUT2D eigenvalue weighted by Gasteiger charge is -2.24. The van der Waals surface area contributed by atoms with E-state index in [2.05, 4.69) is 10.6 Å². The second kappa shape index (κ2) is 9.17. The third-order valence-electron chi connectivity index (χ3n) is 6.56. The summed E-state index contributed by atoms with van der Waals surface area (Å²) in [6.07, 6.45) is -4.48. The van der Waals surface area contributed by atoms with Crippen LogP contribution in [0.15, 0.2) is 48.5 Å². The highest BCUT2D eigenvalue weighted by atomic mass is 19.4. The van der Waals surface area contributed by atoms with Gasteiger partial charge in [-0.05, 0) is 42.7 Å². The fourth-order valence-electron chi connectivity index (χ4n) is 4.58. The average Bonchev–Trinajstić information content (AvgIpc) is 3.46. The van der Waals surface area contributed by atoms with Crippen molar-refractivity contribution in [1.82, 2.24) is 10.2 Å². The minimum atomic E-state index is -4.52. The van der Waals surface area contributed by atoms with Gasteiger partial charge in [-0.3, -0.25) is 14.4 Å². The Bertz CT molecular complexity index is 1220. The number of likely N-dealkylation sites (tertiary alicyclic amines) is 1. The average molecular weight is 504 g/mol. The number of carboxylic acids is 1. The number of amides is 3. The van der Waals surface area contributed by atoms with Gasteiger partial charge in [0.05, 0.1) is 17.3 Å². The molecule has 12 heteroatoms. The standard InChI is InChI=1S/C24H23F3N4O5/c25-24(26,27)15-3-1-2-4-16(15)30-14-7-5-13(6-8-14)12-29-22(36)23(21(28)35)11-18(23)31-17(20(33)34)9-10-19(31)32/h1-8,17-18,30H,9-12H2,(H2,28,35)(H,29,36)(H,33,34). The summed E-state index contributed by atoms with van der Waals surface area (Å²) in [4.78, 5) is 49.9. The van der Waals surface area contributed by atoms with E-state index in [1.807, 2.05) is 0 Å². The maximum absolute atomic E-state index is 13.2. The molecule has 1 saturated carbocycles. The lowest BCUT2D eigenvalue weighted by Crippen LogP contribution is -2.49. The van der Waals surface area contributed by atoms with Crippen molar-refractivity contribution in [3.63, 3.8) is 0 Å². The number of hydrogen-bond acceptors (Lipinski definition) is 5. The van der Waals surface area contributed by atoms with Crippen LogP contribution in [0.25, 0.3) is 0 Å². The molecule has 0 aromatic heterocycles. The summed E-state index contributed by atoms with van der Waals surface area (Å²) in [6, 6.07) is 9.28. The molecular weight excluding hydrogens is 481 g/mol. The number of primary amides is 1. The van der Waals surface area contributed by atoms with E-state index in [1.54, 1.807) is 24.3 Å². The van der Waals surface area contributed by atoms with Crippen molar-refractivity contribution < 1.29 is 37.5 Å². The second-order valence-electron chi connectivity index (χ2n) is 8.80. The zero-order chi connectivity index (χ0) is 26.3. The van der Waals surface area contributed by atoms with E-state index in [9.17, 15) is 37.5 Å². The van der Waals surface area contributed by atoms with Crippen molar-refractivity contribution in [2.75, 3.05) is 5.32 Å². The molecule has 1 heterocycles. The molecule has 2 aromatic carbocycles. The van der Waals surface area contributed by atoms with Crippen LogP contribution in [0.3, 0.4) is 0 Å². The Kier molecular flexibility index (Phi) is 6.37. The molecule has 9 nitrogen and oxygen atoms in total. The number of rotatable bonds is 8. The van der Waals surface area contributed by atoms with E-state index in [0.29, 0.717) is 11.3 Å². The fourth-order valence-corrected chi connectivity index (χ4v) is 4.58. The summed E-state index contributed by atoms with van der Waals surface area (Å²) < 4.78 is 39.6. The number of halogens is 3. The molecule has 1 aliphatic heterocycles. The van der Waals surface area contributed by atoms with Crippen LogP contribution in [0.4, 0.5) is 24.5 Å². The molecule has 5 N–H and O–H groups in total. The fraction of sp³-hybridized carbons (Fsp3) is 0.333. The van der Waals surface area contributed by atoms with Gasteiger partial charge in [0.1, 0.15) is 11.5 Å². The number of carboxylic acid groups (broad SMARTS) is 1. The number of hydrogen-bond donors (Lipinski definition) is 4. The summed E-state index contributed by atoms with van der Waals surface area (Å²) >= 11 is 0. The first kappa shape index (κ1) is 25.0. The third kappa shape index (κ3) is 4.58.